The van der Waals surface area contributed by atoms with Crippen molar-refractivity contribution in [2.75, 3.05) is 19.0 Å². The predicted octanol–water partition coefficient (Wildman–Crippen LogP) is 0.943. The van der Waals surface area contributed by atoms with Crippen molar-refractivity contribution in [2.24, 2.45) is 0 Å². The van der Waals surface area contributed by atoms with E-state index in [9.17, 15) is 0 Å². The van der Waals surface area contributed by atoms with Crippen LogP contribution < -0.4 is 5.32 Å². The van der Waals surface area contributed by atoms with Crippen molar-refractivity contribution in [2.45, 2.75) is 19.4 Å². The molecule has 0 saturated heterocycles. The van der Waals surface area contributed by atoms with Crippen LogP contribution in [-0.4, -0.2) is 49.0 Å². The number of rotatable bonds is 5. The van der Waals surface area contributed by atoms with E-state index in [4.69, 9.17) is 16.3 Å². The van der Waals surface area contributed by atoms with Crippen LogP contribution >= 0.6 is 11.6 Å². The van der Waals surface area contributed by atoms with Crippen molar-refractivity contribution < 1.29 is 4.74 Å². The summed E-state index contributed by atoms with van der Waals surface area (Å²) in [4.78, 5) is 16.1. The monoisotopic (exact) mass is 283 g/mol. The maximum Gasteiger partial charge on any atom is 0.258 e. The molecule has 19 heavy (non-hydrogen) atoms. The molecule has 2 aromatic rings. The van der Waals surface area contributed by atoms with Crippen molar-refractivity contribution in [1.82, 2.24) is 29.7 Å². The van der Waals surface area contributed by atoms with Gasteiger partial charge < -0.3 is 10.1 Å². The van der Waals surface area contributed by atoms with Gasteiger partial charge in [0.15, 0.2) is 0 Å². The van der Waals surface area contributed by atoms with Crippen LogP contribution in [0.25, 0.3) is 5.95 Å². The molecule has 0 saturated carbocycles. The summed E-state index contributed by atoms with van der Waals surface area (Å²) in [5.74, 6) is 0.653. The molecule has 0 bridgehead atoms. The number of ether oxygens (including phenoxy) is 1. The van der Waals surface area contributed by atoms with E-state index in [1.165, 1.54) is 17.3 Å². The van der Waals surface area contributed by atoms with Crippen molar-refractivity contribution >= 4 is 17.5 Å². The Bertz CT molecular complexity index is 543. The molecule has 0 unspecified atom stereocenters. The summed E-state index contributed by atoms with van der Waals surface area (Å²) in [5.41, 5.74) is -0.334. The molecule has 2 aromatic heterocycles. The number of hydrogen-bond acceptors (Lipinski definition) is 7. The molecule has 0 aliphatic heterocycles. The van der Waals surface area contributed by atoms with E-state index < -0.39 is 0 Å². The lowest BCUT2D eigenvalue weighted by Crippen LogP contribution is -2.36. The van der Waals surface area contributed by atoms with E-state index in [-0.39, 0.29) is 10.8 Å². The number of hydrogen-bond donors (Lipinski definition) is 1. The molecule has 102 valence electrons. The molecule has 0 fully saturated rings. The number of anilines is 1. The first-order valence-corrected chi connectivity index (χ1v) is 5.92. The zero-order chi connectivity index (χ0) is 13.9. The van der Waals surface area contributed by atoms with E-state index in [2.05, 4.69) is 30.4 Å². The number of halogens is 1. The second-order valence-electron chi connectivity index (χ2n) is 4.51. The lowest BCUT2D eigenvalue weighted by Gasteiger charge is -2.25. The molecule has 0 aliphatic carbocycles. The van der Waals surface area contributed by atoms with Crippen molar-refractivity contribution in [3.8, 4) is 5.95 Å². The molecule has 0 aromatic carbocycles. The summed E-state index contributed by atoms with van der Waals surface area (Å²) in [6, 6.07) is 0. The Kier molecular flexibility index (Phi) is 3.91. The van der Waals surface area contributed by atoms with Crippen LogP contribution in [-0.2, 0) is 4.74 Å². The highest BCUT2D eigenvalue weighted by atomic mass is 35.5. The largest absolute Gasteiger partial charge is 0.382 e. The highest BCUT2D eigenvalue weighted by Gasteiger charge is 2.19. The maximum absolute atomic E-state index is 5.88. The average molecular weight is 284 g/mol. The van der Waals surface area contributed by atoms with Crippen LogP contribution in [0.3, 0.4) is 0 Å². The molecule has 0 spiro atoms. The number of methoxy groups -OCH3 is 1. The van der Waals surface area contributed by atoms with E-state index >= 15 is 0 Å². The summed E-state index contributed by atoms with van der Waals surface area (Å²) in [5, 5.41) is 7.15. The zero-order valence-electron chi connectivity index (χ0n) is 10.8. The van der Waals surface area contributed by atoms with Gasteiger partial charge in [-0.1, -0.05) is 0 Å². The highest BCUT2D eigenvalue weighted by Crippen LogP contribution is 2.14. The van der Waals surface area contributed by atoms with Crippen molar-refractivity contribution in [1.29, 1.82) is 0 Å². The van der Waals surface area contributed by atoms with Crippen LogP contribution in [0.5, 0.6) is 0 Å². The Morgan fingerprint density at radius 2 is 2.16 bits per heavy atom. The Hall–Kier alpha value is -1.80. The van der Waals surface area contributed by atoms with E-state index in [1.54, 1.807) is 7.11 Å². The first-order chi connectivity index (χ1) is 9.00. The number of nitrogens with one attached hydrogen (secondary N) is 1. The van der Waals surface area contributed by atoms with Gasteiger partial charge in [-0.15, -0.1) is 0 Å². The van der Waals surface area contributed by atoms with Gasteiger partial charge in [-0.2, -0.15) is 24.7 Å². The topological polar surface area (TPSA) is 90.6 Å². The molecular formula is C10H14ClN7O. The third-order valence-electron chi connectivity index (χ3n) is 2.18. The molecule has 9 heteroatoms. The molecule has 0 amide bonds. The van der Waals surface area contributed by atoms with Gasteiger partial charge in [0.25, 0.3) is 5.95 Å². The Morgan fingerprint density at radius 1 is 1.37 bits per heavy atom. The van der Waals surface area contributed by atoms with Gasteiger partial charge in [-0.3, -0.25) is 0 Å². The fraction of sp³-hybridized carbons (Fsp3) is 0.500. The van der Waals surface area contributed by atoms with E-state index in [0.29, 0.717) is 18.5 Å². The first kappa shape index (κ1) is 13.6. The van der Waals surface area contributed by atoms with Crippen LogP contribution in [0, 0.1) is 0 Å². The predicted molar refractivity (Wildman–Crippen MR) is 69.3 cm³/mol. The molecular weight excluding hydrogens is 270 g/mol. The van der Waals surface area contributed by atoms with Crippen LogP contribution in [0.2, 0.25) is 5.28 Å². The minimum atomic E-state index is -0.334. The quantitative estimate of drug-likeness (QED) is 0.873. The van der Waals surface area contributed by atoms with Gasteiger partial charge in [-0.05, 0) is 25.4 Å². The van der Waals surface area contributed by atoms with Gasteiger partial charge in [0, 0.05) is 7.11 Å². The van der Waals surface area contributed by atoms with E-state index in [1.807, 2.05) is 13.8 Å². The minimum absolute atomic E-state index is 0.0798. The zero-order valence-corrected chi connectivity index (χ0v) is 11.6. The molecule has 1 N–H and O–H groups in total. The van der Waals surface area contributed by atoms with Gasteiger partial charge in [0.2, 0.25) is 11.2 Å². The smallest absolute Gasteiger partial charge is 0.258 e. The lowest BCUT2D eigenvalue weighted by molar-refractivity contribution is 0.157. The third kappa shape index (κ3) is 3.58. The van der Waals surface area contributed by atoms with E-state index in [0.717, 1.165) is 0 Å². The normalized spacial score (nSPS) is 11.6. The van der Waals surface area contributed by atoms with Gasteiger partial charge in [0.1, 0.15) is 12.7 Å². The second-order valence-corrected chi connectivity index (χ2v) is 4.85. The highest BCUT2D eigenvalue weighted by molar-refractivity contribution is 6.28. The number of aromatic nitrogens is 6. The Balaban J connectivity index is 2.27. The summed E-state index contributed by atoms with van der Waals surface area (Å²) in [6.07, 6.45) is 2.87. The fourth-order valence-electron chi connectivity index (χ4n) is 1.51. The van der Waals surface area contributed by atoms with Gasteiger partial charge >= 0.3 is 0 Å². The minimum Gasteiger partial charge on any atom is -0.382 e. The van der Waals surface area contributed by atoms with Crippen LogP contribution in [0.1, 0.15) is 13.8 Å². The number of nitrogens with zero attached hydrogens (tertiary/aromatic N) is 6. The van der Waals surface area contributed by atoms with Gasteiger partial charge in [-0.25, -0.2) is 4.98 Å². The summed E-state index contributed by atoms with van der Waals surface area (Å²) >= 11 is 5.88. The standard InChI is InChI=1S/C10H14ClN7O/c1-10(2,4-19-3)17-8-14-7(11)15-9(16-8)18-6-12-5-13-18/h5-6H,4H2,1-3H3,(H,14,15,16,17). The molecule has 8 nitrogen and oxygen atoms in total. The molecule has 2 heterocycles. The third-order valence-corrected chi connectivity index (χ3v) is 2.34. The first-order valence-electron chi connectivity index (χ1n) is 5.54. The lowest BCUT2D eigenvalue weighted by atomic mass is 10.1. The van der Waals surface area contributed by atoms with Crippen LogP contribution in [0.15, 0.2) is 12.7 Å². The molecule has 0 aliphatic rings. The van der Waals surface area contributed by atoms with Crippen molar-refractivity contribution in [3.63, 3.8) is 0 Å². The average Bonchev–Trinajstić information content (AvgIpc) is 2.80. The summed E-state index contributed by atoms with van der Waals surface area (Å²) in [6.45, 7) is 4.42. The summed E-state index contributed by atoms with van der Waals surface area (Å²) < 4.78 is 6.52. The second kappa shape index (κ2) is 5.45. The van der Waals surface area contributed by atoms with Crippen molar-refractivity contribution in [3.05, 3.63) is 17.9 Å². The Morgan fingerprint density at radius 3 is 2.79 bits per heavy atom. The molecule has 0 atom stereocenters. The van der Waals surface area contributed by atoms with Crippen LogP contribution in [0.4, 0.5) is 5.95 Å². The van der Waals surface area contributed by atoms with Gasteiger partial charge in [0.05, 0.1) is 12.1 Å². The summed E-state index contributed by atoms with van der Waals surface area (Å²) in [7, 11) is 1.63. The SMILES string of the molecule is COCC(C)(C)Nc1nc(Cl)nc(-n2cncn2)n1. The Labute approximate surface area is 115 Å². The molecule has 2 rings (SSSR count). The maximum atomic E-state index is 5.88. The molecule has 0 radical (unpaired) electrons. The fourth-order valence-corrected chi connectivity index (χ4v) is 1.66.